The fraction of sp³-hybridized carbons (Fsp3) is 0.548. The minimum absolute atomic E-state index is 0.0125. The molecule has 0 spiro atoms. The van der Waals surface area contributed by atoms with Gasteiger partial charge in [-0.15, -0.1) is 0 Å². The Kier molecular flexibility index (Phi) is 9.38. The molecule has 1 atom stereocenters. The Morgan fingerprint density at radius 1 is 0.872 bits per heavy atom. The molecule has 0 saturated heterocycles. The average Bonchev–Trinajstić information content (AvgIpc) is 3.69. The van der Waals surface area contributed by atoms with Crippen molar-refractivity contribution in [1.29, 1.82) is 0 Å². The molecule has 7 nitrogen and oxygen atoms in total. The summed E-state index contributed by atoms with van der Waals surface area (Å²) in [5, 5.41) is 5.09. The lowest BCUT2D eigenvalue weighted by Gasteiger charge is -2.35. The maximum atomic E-state index is 13.8. The minimum Gasteiger partial charge on any atom is -0.462 e. The van der Waals surface area contributed by atoms with Crippen LogP contribution < -0.4 is 4.90 Å². The molecule has 1 aliphatic heterocycles. The summed E-state index contributed by atoms with van der Waals surface area (Å²) in [5.41, 5.74) is -2.93. The Morgan fingerprint density at radius 3 is 2.02 bits per heavy atom. The number of fused-ring (bicyclic) bond motifs is 1. The number of aromatic nitrogens is 3. The number of aryl methyl sites for hydroxylation is 2. The molecule has 5 rings (SSSR count). The molecular formula is C31H35F9N6O. The van der Waals surface area contributed by atoms with E-state index in [1.807, 2.05) is 6.92 Å². The lowest BCUT2D eigenvalue weighted by atomic mass is 10.0. The number of ether oxygens (including phenoxy) is 1. The van der Waals surface area contributed by atoms with E-state index in [9.17, 15) is 39.5 Å². The zero-order valence-corrected chi connectivity index (χ0v) is 26.2. The Balaban J connectivity index is 1.62. The van der Waals surface area contributed by atoms with Crippen molar-refractivity contribution in [2.24, 2.45) is 13.0 Å². The Bertz CT molecular complexity index is 1590. The van der Waals surface area contributed by atoms with E-state index in [1.165, 1.54) is 4.90 Å². The van der Waals surface area contributed by atoms with Gasteiger partial charge in [-0.25, -0.2) is 9.88 Å². The fourth-order valence-corrected chi connectivity index (χ4v) is 6.43. The van der Waals surface area contributed by atoms with Crippen LogP contribution in [-0.4, -0.2) is 57.2 Å². The number of alkyl halides is 9. The number of pyridine rings is 1. The van der Waals surface area contributed by atoms with Crippen LogP contribution in [-0.2, 0) is 37.2 Å². The second-order valence-corrected chi connectivity index (χ2v) is 12.1. The second-order valence-electron chi connectivity index (χ2n) is 12.1. The summed E-state index contributed by atoms with van der Waals surface area (Å²) in [6, 6.07) is 2.94. The Hall–Kier alpha value is -3.69. The Morgan fingerprint density at radius 2 is 1.49 bits per heavy atom. The summed E-state index contributed by atoms with van der Waals surface area (Å²) >= 11 is 0. The summed E-state index contributed by atoms with van der Waals surface area (Å²) in [4.78, 5) is 9.00. The first-order valence-corrected chi connectivity index (χ1v) is 15.1. The molecule has 1 fully saturated rings. The van der Waals surface area contributed by atoms with E-state index >= 15 is 0 Å². The van der Waals surface area contributed by atoms with Crippen LogP contribution in [0.1, 0.15) is 60.6 Å². The highest BCUT2D eigenvalue weighted by atomic mass is 19.4. The van der Waals surface area contributed by atoms with Gasteiger partial charge in [-0.3, -0.25) is 4.68 Å². The summed E-state index contributed by atoms with van der Waals surface area (Å²) in [5.74, 6) is 0.892. The van der Waals surface area contributed by atoms with Gasteiger partial charge in [-0.05, 0) is 62.4 Å². The molecule has 0 radical (unpaired) electrons. The van der Waals surface area contributed by atoms with E-state index in [0.29, 0.717) is 65.5 Å². The van der Waals surface area contributed by atoms with Gasteiger partial charge in [0.25, 0.3) is 0 Å². The van der Waals surface area contributed by atoms with Crippen LogP contribution in [0, 0.1) is 12.8 Å². The van der Waals surface area contributed by atoms with Crippen molar-refractivity contribution in [3.63, 3.8) is 0 Å². The molecule has 16 heteroatoms. The summed E-state index contributed by atoms with van der Waals surface area (Å²) in [6.07, 6.45) is -11.8. The average molecular weight is 679 g/mol. The first kappa shape index (κ1) is 34.6. The van der Waals surface area contributed by atoms with Crippen molar-refractivity contribution in [1.82, 2.24) is 24.6 Å². The van der Waals surface area contributed by atoms with Crippen LogP contribution in [0.25, 0.3) is 11.0 Å². The number of nitrogens with zero attached hydrogens (tertiary/aromatic N) is 6. The van der Waals surface area contributed by atoms with Gasteiger partial charge < -0.3 is 14.5 Å². The third-order valence-corrected chi connectivity index (χ3v) is 8.71. The molecule has 2 aliphatic rings. The summed E-state index contributed by atoms with van der Waals surface area (Å²) in [6.45, 7) is 4.04. The van der Waals surface area contributed by atoms with E-state index in [1.54, 1.807) is 24.7 Å². The van der Waals surface area contributed by atoms with Gasteiger partial charge in [0.15, 0.2) is 11.3 Å². The van der Waals surface area contributed by atoms with Gasteiger partial charge in [0.05, 0.1) is 16.8 Å². The number of rotatable bonds is 9. The SMILES string of the molecule is CCN(CC1CCCC1)c1nc2c(cc1CN(Cc1cc(C(F)(F)F)cc(C(F)(F)F)c1)C1OC=C(C(F)(F)F)N1C)c(C)nn2C. The maximum Gasteiger partial charge on any atom is 0.434 e. The standard InChI is InChI=1S/C31H35F9N6O/c1-5-45(14-19-8-6-7-9-19)26-21(12-24-18(2)42-44(4)27(24)41-26)16-46(28-43(3)25(17-47-28)31(38,39)40)15-20-10-22(29(32,33)34)13-23(11-20)30(35,36)37/h10-13,17,19,28H,5-9,14-16H2,1-4H3. The van der Waals surface area contributed by atoms with Crippen LogP contribution in [0.5, 0.6) is 0 Å². The topological polar surface area (TPSA) is 49.7 Å². The van der Waals surface area contributed by atoms with Crippen LogP contribution in [0.2, 0.25) is 0 Å². The van der Waals surface area contributed by atoms with Crippen molar-refractivity contribution in [2.45, 2.75) is 77.5 Å². The molecular weight excluding hydrogens is 643 g/mol. The zero-order chi connectivity index (χ0) is 34.5. The largest absolute Gasteiger partial charge is 0.462 e. The predicted molar refractivity (Wildman–Crippen MR) is 156 cm³/mol. The van der Waals surface area contributed by atoms with Gasteiger partial charge in [0.2, 0.25) is 6.35 Å². The Labute approximate surface area is 265 Å². The zero-order valence-electron chi connectivity index (χ0n) is 26.2. The molecule has 258 valence electrons. The van der Waals surface area contributed by atoms with Crippen LogP contribution in [0.4, 0.5) is 45.3 Å². The molecule has 1 saturated carbocycles. The van der Waals surface area contributed by atoms with Crippen LogP contribution >= 0.6 is 0 Å². The van der Waals surface area contributed by atoms with Crippen molar-refractivity contribution in [3.05, 3.63) is 64.2 Å². The van der Waals surface area contributed by atoms with E-state index in [0.717, 1.165) is 37.6 Å². The third kappa shape index (κ3) is 7.41. The molecule has 0 N–H and O–H groups in total. The van der Waals surface area contributed by atoms with E-state index in [2.05, 4.69) is 10.00 Å². The van der Waals surface area contributed by atoms with Gasteiger partial charge >= 0.3 is 18.5 Å². The smallest absolute Gasteiger partial charge is 0.434 e. The number of halogens is 9. The number of allylic oxidation sites excluding steroid dienone is 1. The van der Waals surface area contributed by atoms with E-state index < -0.39 is 53.8 Å². The van der Waals surface area contributed by atoms with Crippen molar-refractivity contribution in [3.8, 4) is 0 Å². The molecule has 47 heavy (non-hydrogen) atoms. The first-order valence-electron chi connectivity index (χ1n) is 15.1. The maximum absolute atomic E-state index is 13.8. The lowest BCUT2D eigenvalue weighted by molar-refractivity contribution is -0.143. The van der Waals surface area contributed by atoms with Crippen LogP contribution in [0.3, 0.4) is 0 Å². The van der Waals surface area contributed by atoms with Gasteiger partial charge in [-0.2, -0.15) is 44.6 Å². The van der Waals surface area contributed by atoms with Crippen molar-refractivity contribution >= 4 is 16.9 Å². The number of hydrogen-bond donors (Lipinski definition) is 0. The van der Waals surface area contributed by atoms with Crippen molar-refractivity contribution in [2.75, 3.05) is 25.0 Å². The highest BCUT2D eigenvalue weighted by Crippen LogP contribution is 2.39. The lowest BCUT2D eigenvalue weighted by Crippen LogP contribution is -2.45. The van der Waals surface area contributed by atoms with Crippen molar-refractivity contribution < 1.29 is 44.3 Å². The second kappa shape index (κ2) is 12.7. The molecule has 3 aromatic rings. The van der Waals surface area contributed by atoms with E-state index in [4.69, 9.17) is 9.72 Å². The molecule has 2 aromatic heterocycles. The van der Waals surface area contributed by atoms with Gasteiger partial charge in [0, 0.05) is 51.2 Å². The summed E-state index contributed by atoms with van der Waals surface area (Å²) in [7, 11) is 2.83. The monoisotopic (exact) mass is 678 g/mol. The molecule has 0 amide bonds. The fourth-order valence-electron chi connectivity index (χ4n) is 6.43. The summed E-state index contributed by atoms with van der Waals surface area (Å²) < 4.78 is 131. The quantitative estimate of drug-likeness (QED) is 0.214. The molecule has 1 aromatic carbocycles. The third-order valence-electron chi connectivity index (χ3n) is 8.71. The molecule has 3 heterocycles. The number of benzene rings is 1. The van der Waals surface area contributed by atoms with E-state index in [-0.39, 0.29) is 12.6 Å². The predicted octanol–water partition coefficient (Wildman–Crippen LogP) is 7.98. The first-order chi connectivity index (χ1) is 21.9. The molecule has 1 aliphatic carbocycles. The number of hydrogen-bond acceptors (Lipinski definition) is 6. The number of anilines is 1. The van der Waals surface area contributed by atoms with Gasteiger partial charge in [0.1, 0.15) is 12.1 Å². The minimum atomic E-state index is -5.10. The van der Waals surface area contributed by atoms with Crippen LogP contribution in [0.15, 0.2) is 36.2 Å². The normalized spacial score (nSPS) is 18.0. The molecule has 0 bridgehead atoms. The van der Waals surface area contributed by atoms with Gasteiger partial charge in [-0.1, -0.05) is 12.8 Å². The highest BCUT2D eigenvalue weighted by molar-refractivity contribution is 5.81. The highest BCUT2D eigenvalue weighted by Gasteiger charge is 2.45. The molecule has 1 unspecified atom stereocenters.